The molecule has 0 bridgehead atoms. The molecule has 2 aliphatic heterocycles. The van der Waals surface area contributed by atoms with E-state index < -0.39 is 25.9 Å². The number of cyclic esters (lactones) is 1. The van der Waals surface area contributed by atoms with Gasteiger partial charge in [0.1, 0.15) is 11.9 Å². The van der Waals surface area contributed by atoms with E-state index in [-0.39, 0.29) is 46.6 Å². The normalized spacial score (nSPS) is 33.7. The third kappa shape index (κ3) is 8.97. The molecule has 0 aliphatic carbocycles. The number of aromatic nitrogens is 1. The predicted octanol–water partition coefficient (Wildman–Crippen LogP) is 8.34. The second-order valence-corrected chi connectivity index (χ2v) is 21.4. The van der Waals surface area contributed by atoms with Crippen molar-refractivity contribution in [3.05, 3.63) is 35.7 Å². The van der Waals surface area contributed by atoms with Gasteiger partial charge in [0, 0.05) is 50.4 Å². The van der Waals surface area contributed by atoms with E-state index in [4.69, 9.17) is 13.9 Å². The molecule has 0 radical (unpaired) electrons. The van der Waals surface area contributed by atoms with Gasteiger partial charge in [0.25, 0.3) is 0 Å². The van der Waals surface area contributed by atoms with Crippen LogP contribution >= 0.6 is 0 Å². The summed E-state index contributed by atoms with van der Waals surface area (Å²) in [7, 11) is -0.285. The molecule has 8 heteroatoms. The van der Waals surface area contributed by atoms with Gasteiger partial charge in [-0.25, -0.2) is 0 Å². The second-order valence-electron chi connectivity index (χ2n) is 16.6. The Morgan fingerprint density at radius 2 is 1.83 bits per heavy atom. The molecule has 1 aromatic rings. The lowest BCUT2D eigenvalue weighted by atomic mass is 9.70. The van der Waals surface area contributed by atoms with Crippen molar-refractivity contribution in [2.75, 3.05) is 20.3 Å². The summed E-state index contributed by atoms with van der Waals surface area (Å²) in [5.41, 5.74) is 0.952. The van der Waals surface area contributed by atoms with Crippen molar-refractivity contribution in [3.8, 4) is 0 Å². The van der Waals surface area contributed by atoms with E-state index in [0.717, 1.165) is 37.1 Å². The summed E-state index contributed by atoms with van der Waals surface area (Å²) in [6.45, 7) is 27.8. The first kappa shape index (κ1) is 38.6. The fourth-order valence-electron chi connectivity index (χ4n) is 7.13. The number of nitrogens with zero attached hydrogens (tertiary/aromatic N) is 2. The highest BCUT2D eigenvalue weighted by molar-refractivity contribution is 6.74. The van der Waals surface area contributed by atoms with Gasteiger partial charge in [-0.3, -0.25) is 19.5 Å². The molecule has 3 rings (SSSR count). The van der Waals surface area contributed by atoms with Crippen molar-refractivity contribution >= 4 is 26.1 Å². The van der Waals surface area contributed by atoms with Gasteiger partial charge in [0.2, 0.25) is 0 Å². The van der Waals surface area contributed by atoms with Crippen LogP contribution in [0.4, 0.5) is 0 Å². The SMILES string of the molecule is CO[C@H]1CC(=O)O[C@H](/C(C)=C/c2ccccn2)C[C@@H]2N(CCO[Si](C)(C)C(C)(C)C)[C@]2(C)CCC[C@H](C)[C@H](C)[C@@H](C)C(=O)C1(C)C. The minimum atomic E-state index is -1.87. The molecule has 7 nitrogen and oxygen atoms in total. The number of esters is 1. The van der Waals surface area contributed by atoms with Crippen molar-refractivity contribution in [3.63, 3.8) is 0 Å². The van der Waals surface area contributed by atoms with Crippen molar-refractivity contribution in [1.82, 2.24) is 9.88 Å². The molecule has 1 unspecified atom stereocenters. The molecule has 2 aliphatic rings. The summed E-state index contributed by atoms with van der Waals surface area (Å²) in [5, 5.41) is 0.158. The molecule has 1 aromatic heterocycles. The summed E-state index contributed by atoms with van der Waals surface area (Å²) < 4.78 is 18.8. The lowest BCUT2D eigenvalue weighted by Gasteiger charge is -2.36. The van der Waals surface area contributed by atoms with Crippen LogP contribution in [0.15, 0.2) is 30.0 Å². The van der Waals surface area contributed by atoms with Crippen LogP contribution in [0.5, 0.6) is 0 Å². The number of fused-ring (bicyclic) bond motifs is 1. The summed E-state index contributed by atoms with van der Waals surface area (Å²) >= 11 is 0. The Kier molecular flexibility index (Phi) is 12.7. The number of carbonyl (C=O) groups is 2. The van der Waals surface area contributed by atoms with Gasteiger partial charge in [-0.2, -0.15) is 0 Å². The number of hydrogen-bond donors (Lipinski definition) is 0. The number of pyridine rings is 1. The standard InChI is InChI=1S/C38H64N2O5Si/c1-26-17-16-19-38(10)32(40(38)21-22-44-46(12,13)36(5,6)7)24-31(27(2)23-30-18-14-15-20-39-30)45-34(41)25-33(43-11)37(8,9)35(42)29(4)28(26)3/h14-15,18,20,23,26,28-29,31-33H,16-17,19,21-22,24-25H2,1-13H3/b27-23+/t26-,28-,29+,31-,32-,33-,38+,40?/m0/s1. The lowest BCUT2D eigenvalue weighted by molar-refractivity contribution is -0.155. The van der Waals surface area contributed by atoms with Gasteiger partial charge < -0.3 is 13.9 Å². The van der Waals surface area contributed by atoms with Crippen LogP contribution in [0.1, 0.15) is 107 Å². The van der Waals surface area contributed by atoms with E-state index in [1.165, 1.54) is 0 Å². The zero-order chi connectivity index (χ0) is 34.7. The number of carbonyl (C=O) groups excluding carboxylic acids is 2. The minimum Gasteiger partial charge on any atom is -0.458 e. The average molecular weight is 657 g/mol. The van der Waals surface area contributed by atoms with Crippen LogP contribution in [0.25, 0.3) is 6.08 Å². The molecular formula is C38H64N2O5Si. The molecule has 2 fully saturated rings. The fourth-order valence-corrected chi connectivity index (χ4v) is 8.16. The van der Waals surface area contributed by atoms with Crippen LogP contribution < -0.4 is 0 Å². The Balaban J connectivity index is 1.96. The Morgan fingerprint density at radius 3 is 2.41 bits per heavy atom. The molecule has 0 aromatic carbocycles. The molecule has 8 atom stereocenters. The summed E-state index contributed by atoms with van der Waals surface area (Å²) in [4.78, 5) is 34.6. The lowest BCUT2D eigenvalue weighted by Crippen LogP contribution is -2.45. The molecule has 0 N–H and O–H groups in total. The number of ketones is 1. The second kappa shape index (κ2) is 15.1. The summed E-state index contributed by atoms with van der Waals surface area (Å²) in [5.74, 6) is 0.285. The third-order valence-electron chi connectivity index (χ3n) is 12.1. The van der Waals surface area contributed by atoms with Gasteiger partial charge in [0.15, 0.2) is 8.32 Å². The van der Waals surface area contributed by atoms with E-state index in [9.17, 15) is 9.59 Å². The van der Waals surface area contributed by atoms with Gasteiger partial charge in [0.05, 0.1) is 23.6 Å². The molecule has 2 saturated heterocycles. The van der Waals surface area contributed by atoms with Crippen molar-refractivity contribution in [1.29, 1.82) is 0 Å². The first-order chi connectivity index (χ1) is 21.3. The summed E-state index contributed by atoms with van der Waals surface area (Å²) in [6, 6.07) is 6.08. The van der Waals surface area contributed by atoms with Gasteiger partial charge >= 0.3 is 5.97 Å². The van der Waals surface area contributed by atoms with E-state index in [2.05, 4.69) is 64.5 Å². The Labute approximate surface area is 281 Å². The molecule has 0 amide bonds. The molecule has 46 heavy (non-hydrogen) atoms. The topological polar surface area (TPSA) is 77.7 Å². The predicted molar refractivity (Wildman–Crippen MR) is 190 cm³/mol. The van der Waals surface area contributed by atoms with Crippen molar-refractivity contribution in [2.24, 2.45) is 23.2 Å². The Morgan fingerprint density at radius 1 is 1.15 bits per heavy atom. The molecule has 0 spiro atoms. The first-order valence-electron chi connectivity index (χ1n) is 17.5. The van der Waals surface area contributed by atoms with Crippen molar-refractivity contribution < 1.29 is 23.5 Å². The summed E-state index contributed by atoms with van der Waals surface area (Å²) in [6.07, 6.45) is 6.71. The number of Topliss-reactive ketones (excluding diaryl/α,β-unsaturated/α-hetero) is 1. The molecule has 0 saturated carbocycles. The van der Waals surface area contributed by atoms with Gasteiger partial charge in [-0.15, -0.1) is 0 Å². The monoisotopic (exact) mass is 656 g/mol. The maximum Gasteiger partial charge on any atom is 0.309 e. The van der Waals surface area contributed by atoms with Crippen LogP contribution in [-0.2, 0) is 23.5 Å². The smallest absolute Gasteiger partial charge is 0.309 e. The number of methoxy groups -OCH3 is 1. The maximum absolute atomic E-state index is 13.9. The van der Waals surface area contributed by atoms with E-state index in [1.54, 1.807) is 13.3 Å². The highest BCUT2D eigenvalue weighted by Crippen LogP contribution is 2.49. The van der Waals surface area contributed by atoms with Crippen LogP contribution in [0.2, 0.25) is 18.1 Å². The first-order valence-corrected chi connectivity index (χ1v) is 20.4. The molecule has 3 heterocycles. The number of ether oxygens (including phenoxy) is 2. The van der Waals surface area contributed by atoms with Crippen molar-refractivity contribution in [2.45, 2.75) is 143 Å². The van der Waals surface area contributed by atoms with Gasteiger partial charge in [-0.1, -0.05) is 74.3 Å². The highest BCUT2D eigenvalue weighted by Gasteiger charge is 2.58. The molecule has 260 valence electrons. The minimum absolute atomic E-state index is 0.00869. The highest BCUT2D eigenvalue weighted by atomic mass is 28.4. The van der Waals surface area contributed by atoms with Crippen LogP contribution in [0, 0.1) is 23.2 Å². The average Bonchev–Trinajstić information content (AvgIpc) is 3.53. The number of rotatable bonds is 7. The van der Waals surface area contributed by atoms with E-state index >= 15 is 0 Å². The molecular weight excluding hydrogens is 593 g/mol. The quantitative estimate of drug-likeness (QED) is 0.166. The zero-order valence-electron chi connectivity index (χ0n) is 31.2. The fraction of sp³-hybridized carbons (Fsp3) is 0.763. The maximum atomic E-state index is 13.9. The largest absolute Gasteiger partial charge is 0.458 e. The number of hydrogen-bond acceptors (Lipinski definition) is 7. The van der Waals surface area contributed by atoms with E-state index in [0.29, 0.717) is 18.9 Å². The van der Waals surface area contributed by atoms with E-state index in [1.807, 2.05) is 52.0 Å². The van der Waals surface area contributed by atoms with Gasteiger partial charge in [-0.05, 0) is 74.0 Å². The van der Waals surface area contributed by atoms with Crippen LogP contribution in [0.3, 0.4) is 0 Å². The third-order valence-corrected chi connectivity index (χ3v) is 16.6. The zero-order valence-corrected chi connectivity index (χ0v) is 32.2. The van der Waals surface area contributed by atoms with Crippen LogP contribution in [-0.4, -0.2) is 74.0 Å². The Hall–Kier alpha value is -1.87. The Bertz CT molecular complexity index is 1210.